The van der Waals surface area contributed by atoms with Crippen LogP contribution in [0.4, 0.5) is 0 Å². The zero-order valence-electron chi connectivity index (χ0n) is 12.3. The first-order chi connectivity index (χ1) is 10.3. The fraction of sp³-hybridized carbons (Fsp3) is 0.471. The number of fused-ring (bicyclic) bond motifs is 1. The number of ether oxygens (including phenoxy) is 1. The summed E-state index contributed by atoms with van der Waals surface area (Å²) in [5.74, 6) is 0.715. The summed E-state index contributed by atoms with van der Waals surface area (Å²) in [5.41, 5.74) is 2.23. The van der Waals surface area contributed by atoms with Crippen LogP contribution in [0.5, 0.6) is 5.75 Å². The van der Waals surface area contributed by atoms with E-state index in [-0.39, 0.29) is 0 Å². The van der Waals surface area contributed by atoms with Crippen LogP contribution in [0, 0.1) is 0 Å². The number of nitrogens with zero attached hydrogens (tertiary/aromatic N) is 1. The van der Waals surface area contributed by atoms with E-state index in [4.69, 9.17) is 4.74 Å². The lowest BCUT2D eigenvalue weighted by atomic mass is 10.1. The van der Waals surface area contributed by atoms with Crippen LogP contribution in [0.2, 0.25) is 0 Å². The van der Waals surface area contributed by atoms with E-state index in [2.05, 4.69) is 11.1 Å². The van der Waals surface area contributed by atoms with E-state index in [0.29, 0.717) is 12.4 Å². The average molecular weight is 303 g/mol. The lowest BCUT2D eigenvalue weighted by molar-refractivity contribution is 0.222. The van der Waals surface area contributed by atoms with Crippen molar-refractivity contribution >= 4 is 11.3 Å². The zero-order valence-corrected chi connectivity index (χ0v) is 13.2. The monoisotopic (exact) mass is 303 g/mol. The molecular formula is C17H21NO2S. The van der Waals surface area contributed by atoms with Crippen molar-refractivity contribution in [2.75, 3.05) is 6.61 Å². The van der Waals surface area contributed by atoms with Crippen LogP contribution in [0.3, 0.4) is 0 Å². The van der Waals surface area contributed by atoms with Gasteiger partial charge < -0.3 is 9.84 Å². The maximum atomic E-state index is 10.6. The molecule has 3 rings (SSSR count). The standard InChI is InChI=1S/C17H21NO2S/c1-2-20-14-8-13(10-18-11-14)17(19)16-9-12-6-4-3-5-7-15(12)21-16/h8-11,17,19H,2-7H2,1H3. The molecule has 0 amide bonds. The Morgan fingerprint density at radius 3 is 2.95 bits per heavy atom. The largest absolute Gasteiger partial charge is 0.492 e. The van der Waals surface area contributed by atoms with E-state index in [0.717, 1.165) is 23.3 Å². The molecule has 2 aromatic heterocycles. The molecule has 0 aromatic carbocycles. The molecule has 0 saturated carbocycles. The van der Waals surface area contributed by atoms with Crippen molar-refractivity contribution < 1.29 is 9.84 Å². The van der Waals surface area contributed by atoms with Crippen molar-refractivity contribution in [3.05, 3.63) is 45.4 Å². The number of hydrogen-bond acceptors (Lipinski definition) is 4. The molecule has 0 radical (unpaired) electrons. The Kier molecular flexibility index (Phi) is 4.56. The van der Waals surface area contributed by atoms with E-state index in [1.165, 1.54) is 29.7 Å². The third-order valence-electron chi connectivity index (χ3n) is 3.90. The van der Waals surface area contributed by atoms with Crippen LogP contribution >= 0.6 is 11.3 Å². The second-order valence-electron chi connectivity index (χ2n) is 5.45. The van der Waals surface area contributed by atoms with E-state index in [9.17, 15) is 5.11 Å². The van der Waals surface area contributed by atoms with E-state index in [1.54, 1.807) is 23.7 Å². The number of aryl methyl sites for hydroxylation is 2. The summed E-state index contributed by atoms with van der Waals surface area (Å²) in [6, 6.07) is 4.06. The zero-order chi connectivity index (χ0) is 14.7. The van der Waals surface area contributed by atoms with Gasteiger partial charge in [0.05, 0.1) is 12.8 Å². The lowest BCUT2D eigenvalue weighted by Crippen LogP contribution is -2.00. The topological polar surface area (TPSA) is 42.4 Å². The van der Waals surface area contributed by atoms with Gasteiger partial charge in [-0.05, 0) is 50.3 Å². The second kappa shape index (κ2) is 6.58. The highest BCUT2D eigenvalue weighted by Gasteiger charge is 2.18. The Morgan fingerprint density at radius 2 is 2.10 bits per heavy atom. The molecule has 3 nitrogen and oxygen atoms in total. The molecule has 1 aliphatic carbocycles. The van der Waals surface area contributed by atoms with Crippen LogP contribution in [-0.4, -0.2) is 16.7 Å². The molecule has 2 aromatic rings. The van der Waals surface area contributed by atoms with E-state index < -0.39 is 6.10 Å². The van der Waals surface area contributed by atoms with Gasteiger partial charge in [0, 0.05) is 21.5 Å². The Labute approximate surface area is 129 Å². The molecule has 1 N–H and O–H groups in total. The van der Waals surface area contributed by atoms with Gasteiger partial charge in [-0.15, -0.1) is 11.3 Å². The van der Waals surface area contributed by atoms with Crippen molar-refractivity contribution in [1.82, 2.24) is 4.98 Å². The number of pyridine rings is 1. The van der Waals surface area contributed by atoms with Gasteiger partial charge >= 0.3 is 0 Å². The average Bonchev–Trinajstić information content (AvgIpc) is 2.78. The number of aromatic nitrogens is 1. The Bertz CT molecular complexity index is 585. The minimum absolute atomic E-state index is 0.602. The predicted molar refractivity (Wildman–Crippen MR) is 85.0 cm³/mol. The summed E-state index contributed by atoms with van der Waals surface area (Å²) < 4.78 is 5.46. The Morgan fingerprint density at radius 1 is 1.24 bits per heavy atom. The van der Waals surface area contributed by atoms with Crippen molar-refractivity contribution in [2.45, 2.75) is 45.1 Å². The fourth-order valence-electron chi connectivity index (χ4n) is 2.82. The molecule has 0 bridgehead atoms. The summed E-state index contributed by atoms with van der Waals surface area (Å²) in [4.78, 5) is 6.65. The first kappa shape index (κ1) is 14.5. The van der Waals surface area contributed by atoms with Crippen LogP contribution in [-0.2, 0) is 12.8 Å². The summed E-state index contributed by atoms with van der Waals surface area (Å²) in [5, 5.41) is 10.6. The smallest absolute Gasteiger partial charge is 0.137 e. The molecule has 112 valence electrons. The fourth-order valence-corrected chi connectivity index (χ4v) is 4.09. The van der Waals surface area contributed by atoms with Gasteiger partial charge in [-0.1, -0.05) is 6.42 Å². The highest BCUT2D eigenvalue weighted by molar-refractivity contribution is 7.12. The second-order valence-corrected chi connectivity index (χ2v) is 6.62. The van der Waals surface area contributed by atoms with Crippen molar-refractivity contribution in [3.8, 4) is 5.75 Å². The molecule has 0 spiro atoms. The summed E-state index contributed by atoms with van der Waals surface area (Å²) in [6.07, 6.45) is 8.96. The molecule has 0 aliphatic heterocycles. The SMILES string of the molecule is CCOc1cncc(C(O)c2cc3c(s2)CCCCC3)c1. The minimum atomic E-state index is -0.602. The molecule has 1 atom stereocenters. The van der Waals surface area contributed by atoms with Crippen LogP contribution in [0.15, 0.2) is 24.5 Å². The normalized spacial score (nSPS) is 16.1. The summed E-state index contributed by atoms with van der Waals surface area (Å²) in [6.45, 7) is 2.55. The quantitative estimate of drug-likeness (QED) is 0.871. The Hall–Kier alpha value is -1.39. The summed E-state index contributed by atoms with van der Waals surface area (Å²) in [7, 11) is 0. The molecule has 1 unspecified atom stereocenters. The predicted octanol–water partition coefficient (Wildman–Crippen LogP) is 3.89. The highest BCUT2D eigenvalue weighted by Crippen LogP contribution is 2.35. The van der Waals surface area contributed by atoms with Gasteiger partial charge in [-0.3, -0.25) is 4.98 Å². The maximum Gasteiger partial charge on any atom is 0.137 e. The van der Waals surface area contributed by atoms with Gasteiger partial charge in [0.1, 0.15) is 11.9 Å². The van der Waals surface area contributed by atoms with Crippen LogP contribution < -0.4 is 4.74 Å². The first-order valence-corrected chi connectivity index (χ1v) is 8.47. The van der Waals surface area contributed by atoms with E-state index in [1.807, 2.05) is 13.0 Å². The third kappa shape index (κ3) is 3.27. The molecule has 0 saturated heterocycles. The van der Waals surface area contributed by atoms with Crippen molar-refractivity contribution in [1.29, 1.82) is 0 Å². The molecule has 0 fully saturated rings. The summed E-state index contributed by atoms with van der Waals surface area (Å²) >= 11 is 1.75. The van der Waals surface area contributed by atoms with Gasteiger partial charge in [0.25, 0.3) is 0 Å². The number of hydrogen-bond donors (Lipinski definition) is 1. The number of aliphatic hydroxyl groups excluding tert-OH is 1. The Balaban J connectivity index is 1.84. The van der Waals surface area contributed by atoms with Crippen molar-refractivity contribution in [2.24, 2.45) is 0 Å². The number of aliphatic hydroxyl groups is 1. The molecule has 1 aliphatic rings. The van der Waals surface area contributed by atoms with Crippen molar-refractivity contribution in [3.63, 3.8) is 0 Å². The van der Waals surface area contributed by atoms with Gasteiger partial charge in [-0.25, -0.2) is 0 Å². The number of thiophene rings is 1. The van der Waals surface area contributed by atoms with E-state index >= 15 is 0 Å². The van der Waals surface area contributed by atoms with Crippen LogP contribution in [0.25, 0.3) is 0 Å². The van der Waals surface area contributed by atoms with Crippen LogP contribution in [0.1, 0.15) is 53.2 Å². The number of rotatable bonds is 4. The lowest BCUT2D eigenvalue weighted by Gasteiger charge is -2.10. The van der Waals surface area contributed by atoms with Gasteiger partial charge in [-0.2, -0.15) is 0 Å². The molecule has 2 heterocycles. The molecule has 21 heavy (non-hydrogen) atoms. The molecular weight excluding hydrogens is 282 g/mol. The first-order valence-electron chi connectivity index (χ1n) is 7.65. The molecule has 4 heteroatoms. The maximum absolute atomic E-state index is 10.6. The minimum Gasteiger partial charge on any atom is -0.492 e. The van der Waals surface area contributed by atoms with Gasteiger partial charge in [0.2, 0.25) is 0 Å². The van der Waals surface area contributed by atoms with Gasteiger partial charge in [0.15, 0.2) is 0 Å². The third-order valence-corrected chi connectivity index (χ3v) is 5.19. The highest BCUT2D eigenvalue weighted by atomic mass is 32.1.